The van der Waals surface area contributed by atoms with Gasteiger partial charge in [0.2, 0.25) is 5.91 Å². The summed E-state index contributed by atoms with van der Waals surface area (Å²) in [5, 5.41) is 7.17. The van der Waals surface area contributed by atoms with Crippen LogP contribution in [0.1, 0.15) is 20.8 Å². The molecule has 27 heavy (non-hydrogen) atoms. The summed E-state index contributed by atoms with van der Waals surface area (Å²) in [6.07, 6.45) is 0. The highest BCUT2D eigenvalue weighted by molar-refractivity contribution is 14.0. The lowest BCUT2D eigenvalue weighted by molar-refractivity contribution is -0.130. The Morgan fingerprint density at radius 1 is 1.15 bits per heavy atom. The largest absolute Gasteiger partial charge is 0.368 e. The number of piperazine rings is 1. The lowest BCUT2D eigenvalue weighted by atomic mass is 10.1. The number of hydrogen-bond donors (Lipinski definition) is 2. The van der Waals surface area contributed by atoms with E-state index in [1.165, 1.54) is 0 Å². The number of halogens is 2. The van der Waals surface area contributed by atoms with Crippen molar-refractivity contribution in [2.45, 2.75) is 26.8 Å². The van der Waals surface area contributed by atoms with Crippen LogP contribution < -0.4 is 15.5 Å². The summed E-state index contributed by atoms with van der Waals surface area (Å²) in [6, 6.07) is 8.13. The molecule has 0 aromatic heterocycles. The number of benzene rings is 1. The number of guanidine groups is 1. The topological polar surface area (TPSA) is 60.0 Å². The Bertz CT molecular complexity index is 615. The van der Waals surface area contributed by atoms with E-state index in [9.17, 15) is 4.79 Å². The Balaban J connectivity index is 0.00000364. The van der Waals surface area contributed by atoms with Gasteiger partial charge < -0.3 is 20.4 Å². The molecule has 0 bridgehead atoms. The van der Waals surface area contributed by atoms with E-state index in [1.54, 1.807) is 7.05 Å². The number of nitrogens with zero attached hydrogens (tertiary/aromatic N) is 3. The molecule has 1 amide bonds. The minimum Gasteiger partial charge on any atom is -0.368 e. The second-order valence-corrected chi connectivity index (χ2v) is 7.38. The summed E-state index contributed by atoms with van der Waals surface area (Å²) in [6.45, 7) is 9.75. The van der Waals surface area contributed by atoms with Gasteiger partial charge in [0, 0.05) is 50.0 Å². The lowest BCUT2D eigenvalue weighted by Crippen LogP contribution is -2.53. The van der Waals surface area contributed by atoms with Crippen molar-refractivity contribution in [1.82, 2.24) is 15.5 Å². The van der Waals surface area contributed by atoms with Gasteiger partial charge in [-0.1, -0.05) is 25.4 Å². The SMILES string of the molecule is CN=C(NCC(=O)N1CCN(c2ccc(Cl)cc2)CC1)NC(C)C(C)C.I. The molecular formula is C19H31ClIN5O. The van der Waals surface area contributed by atoms with Crippen molar-refractivity contribution in [2.24, 2.45) is 10.9 Å². The molecule has 1 aliphatic rings. The standard InChI is InChI=1S/C19H30ClN5O.HI/c1-14(2)15(3)23-19(21-4)22-13-18(26)25-11-9-24(10-12-25)17-7-5-16(20)6-8-17;/h5-8,14-15H,9-13H2,1-4H3,(H2,21,22,23);1H. The van der Waals surface area contributed by atoms with Gasteiger partial charge in [-0.2, -0.15) is 0 Å². The number of amides is 1. The molecule has 0 radical (unpaired) electrons. The molecule has 1 aromatic carbocycles. The Hall–Kier alpha value is -1.22. The van der Waals surface area contributed by atoms with Crippen molar-refractivity contribution in [3.05, 3.63) is 29.3 Å². The maximum atomic E-state index is 12.5. The predicted molar refractivity (Wildman–Crippen MR) is 124 cm³/mol. The molecule has 1 unspecified atom stereocenters. The van der Waals surface area contributed by atoms with Crippen LogP contribution in [0.3, 0.4) is 0 Å². The number of aliphatic imine (C=N–C) groups is 1. The van der Waals surface area contributed by atoms with Gasteiger partial charge in [0.15, 0.2) is 5.96 Å². The van der Waals surface area contributed by atoms with Crippen LogP contribution in [0.4, 0.5) is 5.69 Å². The van der Waals surface area contributed by atoms with Crippen LogP contribution in [0, 0.1) is 5.92 Å². The van der Waals surface area contributed by atoms with E-state index < -0.39 is 0 Å². The third kappa shape index (κ3) is 7.37. The first-order chi connectivity index (χ1) is 12.4. The average Bonchev–Trinajstić information content (AvgIpc) is 2.65. The summed E-state index contributed by atoms with van der Waals surface area (Å²) < 4.78 is 0. The van der Waals surface area contributed by atoms with Gasteiger partial charge in [-0.15, -0.1) is 24.0 Å². The molecule has 1 aromatic rings. The second kappa shape index (κ2) is 11.6. The highest BCUT2D eigenvalue weighted by Gasteiger charge is 2.21. The smallest absolute Gasteiger partial charge is 0.242 e. The van der Waals surface area contributed by atoms with E-state index in [-0.39, 0.29) is 36.4 Å². The third-order valence-electron chi connectivity index (χ3n) is 4.82. The van der Waals surface area contributed by atoms with E-state index in [1.807, 2.05) is 29.2 Å². The van der Waals surface area contributed by atoms with Gasteiger partial charge >= 0.3 is 0 Å². The van der Waals surface area contributed by atoms with Gasteiger partial charge in [0.1, 0.15) is 0 Å². The Labute approximate surface area is 184 Å². The number of hydrogen-bond acceptors (Lipinski definition) is 3. The van der Waals surface area contributed by atoms with Crippen LogP contribution in [0.15, 0.2) is 29.3 Å². The van der Waals surface area contributed by atoms with Crippen molar-refractivity contribution in [1.29, 1.82) is 0 Å². The Morgan fingerprint density at radius 2 is 1.74 bits per heavy atom. The van der Waals surface area contributed by atoms with E-state index in [0.717, 1.165) is 36.9 Å². The Morgan fingerprint density at radius 3 is 2.26 bits per heavy atom. The highest BCUT2D eigenvalue weighted by Crippen LogP contribution is 2.19. The van der Waals surface area contributed by atoms with Gasteiger partial charge in [0.25, 0.3) is 0 Å². The number of carbonyl (C=O) groups excluding carboxylic acids is 1. The van der Waals surface area contributed by atoms with E-state index >= 15 is 0 Å². The maximum absolute atomic E-state index is 12.5. The molecule has 0 aliphatic carbocycles. The lowest BCUT2D eigenvalue weighted by Gasteiger charge is -2.36. The molecular weight excluding hydrogens is 477 g/mol. The van der Waals surface area contributed by atoms with Crippen molar-refractivity contribution < 1.29 is 4.79 Å². The van der Waals surface area contributed by atoms with Crippen LogP contribution in [0.25, 0.3) is 0 Å². The molecule has 1 saturated heterocycles. The van der Waals surface area contributed by atoms with Gasteiger partial charge in [-0.3, -0.25) is 9.79 Å². The summed E-state index contributed by atoms with van der Waals surface area (Å²) in [5.41, 5.74) is 1.15. The molecule has 0 spiro atoms. The summed E-state index contributed by atoms with van der Waals surface area (Å²) in [5.74, 6) is 1.26. The van der Waals surface area contributed by atoms with Crippen LogP contribution in [0.5, 0.6) is 0 Å². The van der Waals surface area contributed by atoms with Crippen LogP contribution in [-0.4, -0.2) is 62.6 Å². The second-order valence-electron chi connectivity index (χ2n) is 6.95. The fourth-order valence-electron chi connectivity index (χ4n) is 2.71. The predicted octanol–water partition coefficient (Wildman–Crippen LogP) is 2.82. The molecule has 1 fully saturated rings. The van der Waals surface area contributed by atoms with Gasteiger partial charge in [-0.05, 0) is 37.1 Å². The molecule has 8 heteroatoms. The molecule has 6 nitrogen and oxygen atoms in total. The first-order valence-electron chi connectivity index (χ1n) is 9.16. The molecule has 1 heterocycles. The first-order valence-corrected chi connectivity index (χ1v) is 9.54. The summed E-state index contributed by atoms with van der Waals surface area (Å²) in [7, 11) is 1.72. The summed E-state index contributed by atoms with van der Waals surface area (Å²) in [4.78, 5) is 20.8. The Kier molecular flexibility index (Phi) is 10.2. The van der Waals surface area contributed by atoms with Gasteiger partial charge in [0.05, 0.1) is 6.54 Å². The molecule has 152 valence electrons. The monoisotopic (exact) mass is 507 g/mol. The van der Waals surface area contributed by atoms with Crippen molar-refractivity contribution in [3.8, 4) is 0 Å². The van der Waals surface area contributed by atoms with E-state index in [4.69, 9.17) is 11.6 Å². The number of rotatable bonds is 5. The van der Waals surface area contributed by atoms with Crippen LogP contribution in [0.2, 0.25) is 5.02 Å². The van der Waals surface area contributed by atoms with E-state index in [2.05, 4.69) is 41.3 Å². The molecule has 1 atom stereocenters. The molecule has 1 aliphatic heterocycles. The van der Waals surface area contributed by atoms with Crippen molar-refractivity contribution in [3.63, 3.8) is 0 Å². The number of carbonyl (C=O) groups is 1. The minimum absolute atomic E-state index is 0. The molecule has 2 N–H and O–H groups in total. The van der Waals surface area contributed by atoms with Crippen LogP contribution in [-0.2, 0) is 4.79 Å². The van der Waals surface area contributed by atoms with Crippen molar-refractivity contribution >= 4 is 53.1 Å². The average molecular weight is 508 g/mol. The zero-order valence-electron chi connectivity index (χ0n) is 16.5. The fraction of sp³-hybridized carbons (Fsp3) is 0.579. The van der Waals surface area contributed by atoms with Gasteiger partial charge in [-0.25, -0.2) is 0 Å². The zero-order valence-corrected chi connectivity index (χ0v) is 19.6. The zero-order chi connectivity index (χ0) is 19.1. The summed E-state index contributed by atoms with van der Waals surface area (Å²) >= 11 is 5.94. The number of nitrogens with one attached hydrogen (secondary N) is 2. The first kappa shape index (κ1) is 23.8. The fourth-order valence-corrected chi connectivity index (χ4v) is 2.84. The third-order valence-corrected chi connectivity index (χ3v) is 5.07. The normalized spacial score (nSPS) is 16.0. The quantitative estimate of drug-likeness (QED) is 0.366. The maximum Gasteiger partial charge on any atom is 0.242 e. The minimum atomic E-state index is 0. The highest BCUT2D eigenvalue weighted by atomic mass is 127. The number of anilines is 1. The molecule has 2 rings (SSSR count). The van der Waals surface area contributed by atoms with E-state index in [0.29, 0.717) is 17.9 Å². The molecule has 0 saturated carbocycles. The van der Waals surface area contributed by atoms with Crippen LogP contribution >= 0.6 is 35.6 Å². The van der Waals surface area contributed by atoms with Crippen molar-refractivity contribution in [2.75, 3.05) is 44.7 Å².